The van der Waals surface area contributed by atoms with Crippen LogP contribution in [0.15, 0.2) is 18.6 Å². The van der Waals surface area contributed by atoms with Gasteiger partial charge in [0.25, 0.3) is 0 Å². The van der Waals surface area contributed by atoms with Gasteiger partial charge in [0.15, 0.2) is 0 Å². The van der Waals surface area contributed by atoms with Gasteiger partial charge in [-0.3, -0.25) is 19.6 Å². The lowest BCUT2D eigenvalue weighted by Gasteiger charge is -2.42. The number of urea groups is 1. The Balaban J connectivity index is 1.65. The third kappa shape index (κ3) is 5.05. The molecule has 0 radical (unpaired) electrons. The Morgan fingerprint density at radius 1 is 1.27 bits per heavy atom. The number of ether oxygens (including phenoxy) is 1. The van der Waals surface area contributed by atoms with Crippen LogP contribution in [0.4, 0.5) is 4.79 Å². The molecule has 164 valence electrons. The van der Waals surface area contributed by atoms with Crippen molar-refractivity contribution < 1.29 is 19.1 Å². The van der Waals surface area contributed by atoms with Crippen molar-refractivity contribution in [1.82, 2.24) is 30.0 Å². The van der Waals surface area contributed by atoms with Crippen molar-refractivity contribution in [3.05, 3.63) is 24.3 Å². The number of hydrogen-bond acceptors (Lipinski definition) is 6. The van der Waals surface area contributed by atoms with Crippen LogP contribution in [0, 0.1) is 5.92 Å². The maximum atomic E-state index is 13.1. The Kier molecular flexibility index (Phi) is 7.20. The lowest BCUT2D eigenvalue weighted by Crippen LogP contribution is -2.61. The second-order valence-corrected chi connectivity index (χ2v) is 8.12. The molecular weight excluding hydrogens is 388 g/mol. The Labute approximate surface area is 176 Å². The summed E-state index contributed by atoms with van der Waals surface area (Å²) >= 11 is 0. The normalized spacial score (nSPS) is 21.4. The predicted molar refractivity (Wildman–Crippen MR) is 108 cm³/mol. The van der Waals surface area contributed by atoms with E-state index in [1.165, 1.54) is 4.90 Å². The molecule has 3 rings (SSSR count). The molecule has 30 heavy (non-hydrogen) atoms. The third-order valence-corrected chi connectivity index (χ3v) is 5.36. The van der Waals surface area contributed by atoms with Gasteiger partial charge in [0.05, 0.1) is 31.1 Å². The average Bonchev–Trinajstić information content (AvgIpc) is 3.02. The Hall–Kier alpha value is -2.75. The van der Waals surface area contributed by atoms with E-state index in [1.807, 2.05) is 13.8 Å². The zero-order valence-corrected chi connectivity index (χ0v) is 17.8. The van der Waals surface area contributed by atoms with E-state index in [2.05, 4.69) is 15.3 Å². The molecule has 0 spiro atoms. The molecule has 2 aliphatic rings. The number of hydrogen-bond donors (Lipinski definition) is 1. The van der Waals surface area contributed by atoms with E-state index in [1.54, 1.807) is 35.5 Å². The maximum Gasteiger partial charge on any atom is 0.321 e. The quantitative estimate of drug-likeness (QED) is 0.610. The van der Waals surface area contributed by atoms with Crippen molar-refractivity contribution in [2.24, 2.45) is 5.92 Å². The second kappa shape index (κ2) is 9.84. The summed E-state index contributed by atoms with van der Waals surface area (Å²) in [6.45, 7) is 6.11. The number of amides is 4. The summed E-state index contributed by atoms with van der Waals surface area (Å²) in [6, 6.07) is -0.871. The molecule has 10 heteroatoms. The summed E-state index contributed by atoms with van der Waals surface area (Å²) in [5.41, 5.74) is 0.646. The Morgan fingerprint density at radius 2 is 2.03 bits per heavy atom. The first-order valence-electron chi connectivity index (χ1n) is 10.3. The van der Waals surface area contributed by atoms with Gasteiger partial charge in [0, 0.05) is 39.1 Å². The van der Waals surface area contributed by atoms with E-state index in [0.29, 0.717) is 38.4 Å². The largest absolute Gasteiger partial charge is 0.383 e. The summed E-state index contributed by atoms with van der Waals surface area (Å²) in [4.78, 5) is 51.5. The van der Waals surface area contributed by atoms with Crippen molar-refractivity contribution in [3.63, 3.8) is 0 Å². The van der Waals surface area contributed by atoms with Crippen LogP contribution in [0.25, 0.3) is 0 Å². The van der Waals surface area contributed by atoms with Crippen LogP contribution in [-0.4, -0.2) is 94.5 Å². The minimum Gasteiger partial charge on any atom is -0.383 e. The van der Waals surface area contributed by atoms with Crippen LogP contribution >= 0.6 is 0 Å². The first-order valence-corrected chi connectivity index (χ1v) is 10.3. The van der Waals surface area contributed by atoms with Gasteiger partial charge in [-0.25, -0.2) is 4.79 Å². The van der Waals surface area contributed by atoms with Gasteiger partial charge in [0.2, 0.25) is 11.8 Å². The molecule has 2 saturated heterocycles. The standard InChI is InChI=1S/C20H30N6O4/c1-14(2)8-17-19(28)24(6-7-30-3)11-16-12-25(20(29)26(16)17)13-18(27)23-10-15-9-21-4-5-22-15/h4-5,9,14,16-17H,6-8,10-13H2,1-3H3,(H,23,27)/t16-,17+/m1/s1. The molecule has 2 atom stereocenters. The molecule has 1 aromatic rings. The zero-order valence-electron chi connectivity index (χ0n) is 17.8. The first-order chi connectivity index (χ1) is 14.4. The number of rotatable bonds is 9. The second-order valence-electron chi connectivity index (χ2n) is 8.12. The highest BCUT2D eigenvalue weighted by Crippen LogP contribution is 2.28. The number of methoxy groups -OCH3 is 1. The first kappa shape index (κ1) is 21.9. The molecule has 0 saturated carbocycles. The van der Waals surface area contributed by atoms with E-state index in [4.69, 9.17) is 4.74 Å². The molecule has 1 aromatic heterocycles. The molecule has 2 fully saturated rings. The smallest absolute Gasteiger partial charge is 0.321 e. The fraction of sp³-hybridized carbons (Fsp3) is 0.650. The monoisotopic (exact) mass is 418 g/mol. The number of aromatic nitrogens is 2. The number of carbonyl (C=O) groups excluding carboxylic acids is 3. The van der Waals surface area contributed by atoms with Crippen molar-refractivity contribution in [3.8, 4) is 0 Å². The number of nitrogens with zero attached hydrogens (tertiary/aromatic N) is 5. The topological polar surface area (TPSA) is 108 Å². The molecule has 2 aliphatic heterocycles. The molecule has 0 aromatic carbocycles. The summed E-state index contributed by atoms with van der Waals surface area (Å²) in [5, 5.41) is 2.77. The third-order valence-electron chi connectivity index (χ3n) is 5.36. The highest BCUT2D eigenvalue weighted by Gasteiger charge is 2.49. The van der Waals surface area contributed by atoms with Crippen molar-refractivity contribution in [2.45, 2.75) is 38.9 Å². The van der Waals surface area contributed by atoms with Crippen molar-refractivity contribution in [2.75, 3.05) is 39.9 Å². The van der Waals surface area contributed by atoms with Crippen molar-refractivity contribution >= 4 is 17.8 Å². The highest BCUT2D eigenvalue weighted by molar-refractivity contribution is 5.91. The molecule has 0 unspecified atom stereocenters. The van der Waals surface area contributed by atoms with E-state index in [9.17, 15) is 14.4 Å². The van der Waals surface area contributed by atoms with Crippen LogP contribution in [-0.2, 0) is 20.9 Å². The van der Waals surface area contributed by atoms with Crippen LogP contribution in [0.5, 0.6) is 0 Å². The van der Waals surface area contributed by atoms with Crippen LogP contribution in [0.3, 0.4) is 0 Å². The minimum atomic E-state index is -0.499. The number of nitrogens with one attached hydrogen (secondary N) is 1. The molecule has 1 N–H and O–H groups in total. The van der Waals surface area contributed by atoms with Crippen LogP contribution < -0.4 is 5.32 Å². The molecule has 3 heterocycles. The fourth-order valence-electron chi connectivity index (χ4n) is 3.98. The van der Waals surface area contributed by atoms with Crippen LogP contribution in [0.2, 0.25) is 0 Å². The molecule has 10 nitrogen and oxygen atoms in total. The fourth-order valence-corrected chi connectivity index (χ4v) is 3.98. The van der Waals surface area contributed by atoms with Gasteiger partial charge >= 0.3 is 6.03 Å². The zero-order chi connectivity index (χ0) is 21.7. The average molecular weight is 418 g/mol. The van der Waals surface area contributed by atoms with E-state index in [-0.39, 0.29) is 42.9 Å². The SMILES string of the molecule is COCCN1C[C@@H]2CN(CC(=O)NCc3cnccn3)C(=O)N2[C@@H](CC(C)C)C1=O. The lowest BCUT2D eigenvalue weighted by molar-refractivity contribution is -0.143. The number of piperazine rings is 1. The maximum absolute atomic E-state index is 13.1. The molecule has 0 bridgehead atoms. The minimum absolute atomic E-state index is 0.0423. The van der Waals surface area contributed by atoms with E-state index < -0.39 is 6.04 Å². The van der Waals surface area contributed by atoms with Gasteiger partial charge in [-0.1, -0.05) is 13.8 Å². The van der Waals surface area contributed by atoms with E-state index in [0.717, 1.165) is 0 Å². The summed E-state index contributed by atoms with van der Waals surface area (Å²) < 4.78 is 5.13. The summed E-state index contributed by atoms with van der Waals surface area (Å²) in [7, 11) is 1.60. The van der Waals surface area contributed by atoms with Gasteiger partial charge < -0.3 is 24.8 Å². The van der Waals surface area contributed by atoms with Gasteiger partial charge in [-0.15, -0.1) is 0 Å². The summed E-state index contributed by atoms with van der Waals surface area (Å²) in [6.07, 6.45) is 5.30. The van der Waals surface area contributed by atoms with Gasteiger partial charge in [0.1, 0.15) is 12.6 Å². The molecular formula is C20H30N6O4. The predicted octanol–water partition coefficient (Wildman–Crippen LogP) is 0.102. The lowest BCUT2D eigenvalue weighted by atomic mass is 9.97. The molecule has 0 aliphatic carbocycles. The Bertz CT molecular complexity index is 759. The molecule has 4 amide bonds. The van der Waals surface area contributed by atoms with Gasteiger partial charge in [-0.2, -0.15) is 0 Å². The highest BCUT2D eigenvalue weighted by atomic mass is 16.5. The van der Waals surface area contributed by atoms with Crippen molar-refractivity contribution in [1.29, 1.82) is 0 Å². The van der Waals surface area contributed by atoms with Crippen LogP contribution in [0.1, 0.15) is 26.0 Å². The van der Waals surface area contributed by atoms with Gasteiger partial charge in [-0.05, 0) is 12.3 Å². The Morgan fingerprint density at radius 3 is 2.70 bits per heavy atom. The summed E-state index contributed by atoms with van der Waals surface area (Å²) in [5.74, 6) is -0.0461. The number of fused-ring (bicyclic) bond motifs is 1. The van der Waals surface area contributed by atoms with E-state index >= 15 is 0 Å². The number of carbonyl (C=O) groups is 3.